The molecule has 4 unspecified atom stereocenters. The molecule has 19 heavy (non-hydrogen) atoms. The molecule has 4 heteroatoms. The van der Waals surface area contributed by atoms with Crippen LogP contribution in [0.4, 0.5) is 11.6 Å². The number of nitrogens with two attached hydrogens (primary N) is 1. The van der Waals surface area contributed by atoms with Gasteiger partial charge in [-0.05, 0) is 43.9 Å². The molecule has 0 saturated heterocycles. The average molecular weight is 260 g/mol. The summed E-state index contributed by atoms with van der Waals surface area (Å²) in [4.78, 5) is 8.75. The van der Waals surface area contributed by atoms with Gasteiger partial charge in [-0.3, -0.25) is 0 Å². The summed E-state index contributed by atoms with van der Waals surface area (Å²) in [5.74, 6) is 5.00. The summed E-state index contributed by atoms with van der Waals surface area (Å²) in [5.41, 5.74) is 5.83. The van der Waals surface area contributed by atoms with Gasteiger partial charge in [0.1, 0.15) is 17.5 Å². The molecule has 2 aliphatic carbocycles. The lowest BCUT2D eigenvalue weighted by molar-refractivity contribution is 0.304. The maximum Gasteiger partial charge on any atom is 0.132 e. The second kappa shape index (κ2) is 4.99. The standard InChI is InChI=1S/C15H24N4/c1-3-14-18-13(16)8-15(19-14)17-9(2)12-7-10-4-5-11(12)6-10/h8-12H,3-7H2,1-2H3,(H3,16,17,18,19). The number of anilines is 2. The summed E-state index contributed by atoms with van der Waals surface area (Å²) in [6.45, 7) is 4.34. The molecule has 104 valence electrons. The van der Waals surface area contributed by atoms with Crippen molar-refractivity contribution in [2.75, 3.05) is 11.1 Å². The van der Waals surface area contributed by atoms with Gasteiger partial charge in [-0.25, -0.2) is 9.97 Å². The number of fused-ring (bicyclic) bond motifs is 2. The van der Waals surface area contributed by atoms with Gasteiger partial charge in [-0.15, -0.1) is 0 Å². The monoisotopic (exact) mass is 260 g/mol. The van der Waals surface area contributed by atoms with E-state index in [1.165, 1.54) is 25.7 Å². The Kier molecular flexibility index (Phi) is 3.33. The fraction of sp³-hybridized carbons (Fsp3) is 0.733. The van der Waals surface area contributed by atoms with Crippen LogP contribution < -0.4 is 11.1 Å². The maximum absolute atomic E-state index is 5.83. The number of hydrogen-bond acceptors (Lipinski definition) is 4. The summed E-state index contributed by atoms with van der Waals surface area (Å²) in [6, 6.07) is 2.33. The first-order valence-corrected chi connectivity index (χ1v) is 7.55. The molecule has 3 N–H and O–H groups in total. The largest absolute Gasteiger partial charge is 0.384 e. The average Bonchev–Trinajstić information content (AvgIpc) is 3.00. The van der Waals surface area contributed by atoms with Crippen molar-refractivity contribution < 1.29 is 0 Å². The third-order valence-corrected chi connectivity index (χ3v) is 4.92. The van der Waals surface area contributed by atoms with Crippen LogP contribution in [0, 0.1) is 17.8 Å². The highest BCUT2D eigenvalue weighted by Crippen LogP contribution is 2.49. The second-order valence-electron chi connectivity index (χ2n) is 6.22. The van der Waals surface area contributed by atoms with Crippen molar-refractivity contribution in [3.8, 4) is 0 Å². The summed E-state index contributed by atoms with van der Waals surface area (Å²) < 4.78 is 0. The number of rotatable bonds is 4. The van der Waals surface area contributed by atoms with Crippen LogP contribution in [0.5, 0.6) is 0 Å². The molecule has 3 rings (SSSR count). The van der Waals surface area contributed by atoms with E-state index in [4.69, 9.17) is 5.73 Å². The molecule has 1 aromatic rings. The van der Waals surface area contributed by atoms with E-state index in [9.17, 15) is 0 Å². The second-order valence-corrected chi connectivity index (χ2v) is 6.22. The zero-order chi connectivity index (χ0) is 13.4. The zero-order valence-electron chi connectivity index (χ0n) is 11.9. The van der Waals surface area contributed by atoms with Crippen LogP contribution in [-0.2, 0) is 6.42 Å². The number of nitrogens with one attached hydrogen (secondary N) is 1. The van der Waals surface area contributed by atoms with E-state index in [1.807, 2.05) is 6.07 Å². The van der Waals surface area contributed by atoms with Crippen molar-refractivity contribution in [3.63, 3.8) is 0 Å². The van der Waals surface area contributed by atoms with Crippen LogP contribution in [0.25, 0.3) is 0 Å². The Labute approximate surface area is 115 Å². The molecule has 2 fully saturated rings. The van der Waals surface area contributed by atoms with Gasteiger partial charge in [0.2, 0.25) is 0 Å². The molecule has 0 radical (unpaired) electrons. The van der Waals surface area contributed by atoms with Gasteiger partial charge in [0, 0.05) is 18.5 Å². The normalized spacial score (nSPS) is 30.5. The van der Waals surface area contributed by atoms with E-state index in [0.717, 1.165) is 35.8 Å². The Bertz CT molecular complexity index is 459. The molecule has 2 bridgehead atoms. The molecule has 2 saturated carbocycles. The lowest BCUT2D eigenvalue weighted by Gasteiger charge is -2.29. The Balaban J connectivity index is 1.69. The summed E-state index contributed by atoms with van der Waals surface area (Å²) >= 11 is 0. The SMILES string of the molecule is CCc1nc(N)cc(NC(C)C2CC3CCC2C3)n1. The van der Waals surface area contributed by atoms with Crippen LogP contribution in [0.2, 0.25) is 0 Å². The summed E-state index contributed by atoms with van der Waals surface area (Å²) in [7, 11) is 0. The van der Waals surface area contributed by atoms with Crippen LogP contribution in [0.1, 0.15) is 45.4 Å². The summed E-state index contributed by atoms with van der Waals surface area (Å²) in [6.07, 6.45) is 6.53. The molecule has 4 nitrogen and oxygen atoms in total. The number of hydrogen-bond donors (Lipinski definition) is 2. The smallest absolute Gasteiger partial charge is 0.132 e. The van der Waals surface area contributed by atoms with Gasteiger partial charge in [-0.2, -0.15) is 0 Å². The van der Waals surface area contributed by atoms with Crippen LogP contribution in [-0.4, -0.2) is 16.0 Å². The van der Waals surface area contributed by atoms with Crippen molar-refractivity contribution in [1.29, 1.82) is 0 Å². The minimum Gasteiger partial charge on any atom is -0.384 e. The first kappa shape index (κ1) is 12.7. The molecule has 0 aliphatic heterocycles. The van der Waals surface area contributed by atoms with Crippen molar-refractivity contribution in [1.82, 2.24) is 9.97 Å². The number of nitrogen functional groups attached to an aromatic ring is 1. The molecule has 0 amide bonds. The molecule has 1 aromatic heterocycles. The van der Waals surface area contributed by atoms with Gasteiger partial charge in [0.25, 0.3) is 0 Å². The van der Waals surface area contributed by atoms with Crippen LogP contribution in [0.15, 0.2) is 6.07 Å². The Morgan fingerprint density at radius 2 is 2.21 bits per heavy atom. The van der Waals surface area contributed by atoms with E-state index in [2.05, 4.69) is 29.1 Å². The van der Waals surface area contributed by atoms with Crippen molar-refractivity contribution >= 4 is 11.6 Å². The van der Waals surface area contributed by atoms with Crippen molar-refractivity contribution in [2.24, 2.45) is 17.8 Å². The Morgan fingerprint density at radius 3 is 2.84 bits per heavy atom. The highest BCUT2D eigenvalue weighted by molar-refractivity contribution is 5.45. The molecular weight excluding hydrogens is 236 g/mol. The topological polar surface area (TPSA) is 63.8 Å². The molecular formula is C15H24N4. The molecule has 0 spiro atoms. The van der Waals surface area contributed by atoms with Crippen LogP contribution >= 0.6 is 0 Å². The Hall–Kier alpha value is -1.32. The minimum absolute atomic E-state index is 0.481. The van der Waals surface area contributed by atoms with E-state index in [1.54, 1.807) is 0 Å². The quantitative estimate of drug-likeness (QED) is 0.873. The van der Waals surface area contributed by atoms with Gasteiger partial charge in [0.15, 0.2) is 0 Å². The minimum atomic E-state index is 0.481. The zero-order valence-corrected chi connectivity index (χ0v) is 11.9. The van der Waals surface area contributed by atoms with Gasteiger partial charge in [-0.1, -0.05) is 13.3 Å². The number of aryl methyl sites for hydroxylation is 1. The first-order chi connectivity index (χ1) is 9.15. The summed E-state index contributed by atoms with van der Waals surface area (Å²) in [5, 5.41) is 3.55. The molecule has 1 heterocycles. The van der Waals surface area contributed by atoms with Gasteiger partial charge >= 0.3 is 0 Å². The van der Waals surface area contributed by atoms with Crippen molar-refractivity contribution in [2.45, 2.75) is 52.0 Å². The highest BCUT2D eigenvalue weighted by atomic mass is 15.1. The number of nitrogens with zero attached hydrogens (tertiary/aromatic N) is 2. The lowest BCUT2D eigenvalue weighted by atomic mass is 9.84. The molecule has 4 atom stereocenters. The van der Waals surface area contributed by atoms with E-state index >= 15 is 0 Å². The highest BCUT2D eigenvalue weighted by Gasteiger charge is 2.41. The molecule has 0 aromatic carbocycles. The lowest BCUT2D eigenvalue weighted by Crippen LogP contribution is -2.30. The third-order valence-electron chi connectivity index (χ3n) is 4.92. The Morgan fingerprint density at radius 1 is 1.37 bits per heavy atom. The molecule has 2 aliphatic rings. The van der Waals surface area contributed by atoms with Crippen molar-refractivity contribution in [3.05, 3.63) is 11.9 Å². The fourth-order valence-electron chi connectivity index (χ4n) is 4.00. The third kappa shape index (κ3) is 2.53. The van der Waals surface area contributed by atoms with Gasteiger partial charge in [0.05, 0.1) is 0 Å². The predicted molar refractivity (Wildman–Crippen MR) is 77.8 cm³/mol. The fourth-order valence-corrected chi connectivity index (χ4v) is 4.00. The maximum atomic E-state index is 5.83. The van der Waals surface area contributed by atoms with E-state index < -0.39 is 0 Å². The predicted octanol–water partition coefficient (Wildman–Crippen LogP) is 2.86. The van der Waals surface area contributed by atoms with Crippen LogP contribution in [0.3, 0.4) is 0 Å². The van der Waals surface area contributed by atoms with Gasteiger partial charge < -0.3 is 11.1 Å². The van der Waals surface area contributed by atoms with E-state index in [0.29, 0.717) is 11.9 Å². The van der Waals surface area contributed by atoms with E-state index in [-0.39, 0.29) is 0 Å². The first-order valence-electron chi connectivity index (χ1n) is 7.55. The number of aromatic nitrogens is 2.